The van der Waals surface area contributed by atoms with E-state index in [1.807, 2.05) is 20.0 Å². The molecule has 0 saturated heterocycles. The Morgan fingerprint density at radius 3 is 2.29 bits per heavy atom. The molecule has 0 aliphatic heterocycles. The monoisotopic (exact) mass is 193 g/mol. The summed E-state index contributed by atoms with van der Waals surface area (Å²) in [7, 11) is 2.01. The molecule has 0 aromatic carbocycles. The maximum Gasteiger partial charge on any atom is 0.0314 e. The highest BCUT2D eigenvalue weighted by Gasteiger charge is 2.07. The lowest BCUT2D eigenvalue weighted by molar-refractivity contribution is 0.622. The van der Waals surface area contributed by atoms with E-state index in [2.05, 4.69) is 44.3 Å². The molecule has 0 saturated carbocycles. The van der Waals surface area contributed by atoms with Crippen LogP contribution in [0.3, 0.4) is 0 Å². The molecule has 1 heteroatoms. The second kappa shape index (κ2) is 7.57. The van der Waals surface area contributed by atoms with Crippen LogP contribution in [0.4, 0.5) is 0 Å². The van der Waals surface area contributed by atoms with E-state index in [1.165, 1.54) is 11.1 Å². The zero-order valence-electron chi connectivity index (χ0n) is 10.1. The lowest BCUT2D eigenvalue weighted by atomic mass is 9.99. The average molecular weight is 193 g/mol. The van der Waals surface area contributed by atoms with Crippen molar-refractivity contribution in [3.05, 3.63) is 35.5 Å². The van der Waals surface area contributed by atoms with Gasteiger partial charge in [-0.05, 0) is 39.8 Å². The first kappa shape index (κ1) is 13.2. The Morgan fingerprint density at radius 1 is 1.29 bits per heavy atom. The molecule has 0 spiro atoms. The van der Waals surface area contributed by atoms with Crippen molar-refractivity contribution >= 4 is 0 Å². The zero-order valence-corrected chi connectivity index (χ0v) is 10.1. The van der Waals surface area contributed by atoms with Crippen LogP contribution in [0.15, 0.2) is 35.5 Å². The molecule has 0 radical (unpaired) electrons. The van der Waals surface area contributed by atoms with E-state index in [-0.39, 0.29) is 0 Å². The van der Waals surface area contributed by atoms with Crippen LogP contribution in [0, 0.1) is 0 Å². The summed E-state index contributed by atoms with van der Waals surface area (Å²) < 4.78 is 0. The van der Waals surface area contributed by atoms with Crippen LogP contribution in [0.5, 0.6) is 0 Å². The fraction of sp³-hybridized carbons (Fsp3) is 0.538. The first-order valence-electron chi connectivity index (χ1n) is 5.31. The molecular formula is C13H23N. The Kier molecular flexibility index (Phi) is 7.13. The van der Waals surface area contributed by atoms with Gasteiger partial charge >= 0.3 is 0 Å². The maximum absolute atomic E-state index is 3.33. The summed E-state index contributed by atoms with van der Waals surface area (Å²) in [5, 5.41) is 3.33. The van der Waals surface area contributed by atoms with Crippen molar-refractivity contribution in [1.82, 2.24) is 5.32 Å². The lowest BCUT2D eigenvalue weighted by Crippen LogP contribution is -2.26. The van der Waals surface area contributed by atoms with E-state index >= 15 is 0 Å². The van der Waals surface area contributed by atoms with Gasteiger partial charge in [0, 0.05) is 6.04 Å². The van der Waals surface area contributed by atoms with Crippen LogP contribution < -0.4 is 5.32 Å². The molecule has 0 bridgehead atoms. The molecule has 0 aliphatic rings. The van der Waals surface area contributed by atoms with Crippen molar-refractivity contribution < 1.29 is 0 Å². The molecule has 80 valence electrons. The molecule has 0 fully saturated rings. The summed E-state index contributed by atoms with van der Waals surface area (Å²) in [5.74, 6) is 0. The summed E-state index contributed by atoms with van der Waals surface area (Å²) in [5.41, 5.74) is 2.78. The van der Waals surface area contributed by atoms with Gasteiger partial charge in [-0.15, -0.1) is 0 Å². The zero-order chi connectivity index (χ0) is 11.0. The smallest absolute Gasteiger partial charge is 0.0314 e. The minimum atomic E-state index is 0.474. The second-order valence-corrected chi connectivity index (χ2v) is 3.59. The Balaban J connectivity index is 4.70. The number of hydrogen-bond donors (Lipinski definition) is 1. The maximum atomic E-state index is 3.33. The first-order valence-corrected chi connectivity index (χ1v) is 5.31. The molecule has 0 heterocycles. The molecule has 1 nitrogen and oxygen atoms in total. The quantitative estimate of drug-likeness (QED) is 0.659. The van der Waals surface area contributed by atoms with E-state index in [4.69, 9.17) is 0 Å². The molecule has 1 atom stereocenters. The van der Waals surface area contributed by atoms with E-state index < -0.39 is 0 Å². The van der Waals surface area contributed by atoms with Gasteiger partial charge in [-0.25, -0.2) is 0 Å². The summed E-state index contributed by atoms with van der Waals surface area (Å²) in [4.78, 5) is 0. The highest BCUT2D eigenvalue weighted by molar-refractivity contribution is 5.30. The van der Waals surface area contributed by atoms with Crippen molar-refractivity contribution in [3.8, 4) is 0 Å². The third-order valence-electron chi connectivity index (χ3n) is 2.29. The Labute approximate surface area is 88.6 Å². The van der Waals surface area contributed by atoms with Crippen LogP contribution in [0.1, 0.15) is 34.1 Å². The molecule has 1 N–H and O–H groups in total. The van der Waals surface area contributed by atoms with E-state index in [0.29, 0.717) is 6.04 Å². The highest BCUT2D eigenvalue weighted by atomic mass is 14.9. The van der Waals surface area contributed by atoms with Gasteiger partial charge in [-0.2, -0.15) is 0 Å². The van der Waals surface area contributed by atoms with Crippen molar-refractivity contribution in [2.24, 2.45) is 0 Å². The van der Waals surface area contributed by atoms with E-state index in [1.54, 1.807) is 0 Å². The summed E-state index contributed by atoms with van der Waals surface area (Å²) in [6.07, 6.45) is 9.52. The van der Waals surface area contributed by atoms with Crippen LogP contribution >= 0.6 is 0 Å². The van der Waals surface area contributed by atoms with E-state index in [9.17, 15) is 0 Å². The number of likely N-dealkylation sites (N-methyl/N-ethyl adjacent to an activating group) is 1. The van der Waals surface area contributed by atoms with Gasteiger partial charge in [0.25, 0.3) is 0 Å². The van der Waals surface area contributed by atoms with Crippen LogP contribution in [0.25, 0.3) is 0 Å². The first-order chi connectivity index (χ1) is 6.67. The van der Waals surface area contributed by atoms with Gasteiger partial charge in [-0.3, -0.25) is 0 Å². The summed E-state index contributed by atoms with van der Waals surface area (Å²) >= 11 is 0. The third-order valence-corrected chi connectivity index (χ3v) is 2.29. The van der Waals surface area contributed by atoms with Gasteiger partial charge < -0.3 is 5.32 Å². The SMILES string of the molecule is C/C=C\C=C/C(=C(C)C)C(CC)NC. The molecule has 0 amide bonds. The normalized spacial score (nSPS) is 13.8. The van der Waals surface area contributed by atoms with Crippen LogP contribution in [-0.2, 0) is 0 Å². The standard InChI is InChI=1S/C13H23N/c1-6-8-9-10-12(11(3)4)13(7-2)14-5/h6,8-10,13-14H,7H2,1-5H3/b8-6-,10-9-. The molecule has 14 heavy (non-hydrogen) atoms. The third kappa shape index (κ3) is 4.43. The van der Waals surface area contributed by atoms with Gasteiger partial charge in [0.05, 0.1) is 0 Å². The average Bonchev–Trinajstić information content (AvgIpc) is 2.17. The minimum Gasteiger partial charge on any atom is -0.313 e. The predicted octanol–water partition coefficient (Wildman–Crippen LogP) is 3.45. The van der Waals surface area contributed by atoms with Gasteiger partial charge in [-0.1, -0.05) is 36.8 Å². The second-order valence-electron chi connectivity index (χ2n) is 3.59. The number of nitrogens with one attached hydrogen (secondary N) is 1. The topological polar surface area (TPSA) is 12.0 Å². The van der Waals surface area contributed by atoms with Crippen LogP contribution in [0.2, 0.25) is 0 Å². The summed E-state index contributed by atoms with van der Waals surface area (Å²) in [6, 6.07) is 0.474. The van der Waals surface area contributed by atoms with Crippen molar-refractivity contribution in [1.29, 1.82) is 0 Å². The molecule has 1 unspecified atom stereocenters. The van der Waals surface area contributed by atoms with Crippen molar-refractivity contribution in [3.63, 3.8) is 0 Å². The fourth-order valence-corrected chi connectivity index (χ4v) is 1.48. The molecule has 0 aliphatic carbocycles. The predicted molar refractivity (Wildman–Crippen MR) is 65.5 cm³/mol. The Hall–Kier alpha value is -0.820. The largest absolute Gasteiger partial charge is 0.313 e. The fourth-order valence-electron chi connectivity index (χ4n) is 1.48. The van der Waals surface area contributed by atoms with Crippen LogP contribution in [-0.4, -0.2) is 13.1 Å². The number of rotatable bonds is 5. The molecule has 0 aromatic rings. The number of allylic oxidation sites excluding steroid dienone is 4. The number of hydrogen-bond acceptors (Lipinski definition) is 1. The highest BCUT2D eigenvalue weighted by Crippen LogP contribution is 2.13. The minimum absolute atomic E-state index is 0.474. The van der Waals surface area contributed by atoms with Crippen molar-refractivity contribution in [2.75, 3.05) is 7.05 Å². The van der Waals surface area contributed by atoms with Gasteiger partial charge in [0.2, 0.25) is 0 Å². The molecule has 0 rings (SSSR count). The molecule has 0 aromatic heterocycles. The summed E-state index contributed by atoms with van der Waals surface area (Å²) in [6.45, 7) is 8.56. The molecular weight excluding hydrogens is 170 g/mol. The van der Waals surface area contributed by atoms with Gasteiger partial charge in [0.1, 0.15) is 0 Å². The Bertz CT molecular complexity index is 226. The lowest BCUT2D eigenvalue weighted by Gasteiger charge is -2.17. The van der Waals surface area contributed by atoms with Gasteiger partial charge in [0.15, 0.2) is 0 Å². The Morgan fingerprint density at radius 2 is 1.93 bits per heavy atom. The van der Waals surface area contributed by atoms with E-state index in [0.717, 1.165) is 6.42 Å². The van der Waals surface area contributed by atoms with Crippen molar-refractivity contribution in [2.45, 2.75) is 40.2 Å².